The van der Waals surface area contributed by atoms with Crippen LogP contribution >= 0.6 is 11.3 Å². The summed E-state index contributed by atoms with van der Waals surface area (Å²) in [7, 11) is 2.62. The molecule has 0 bridgehead atoms. The molecular weight excluding hydrogens is 382 g/mol. The van der Waals surface area contributed by atoms with Crippen LogP contribution in [0.25, 0.3) is 0 Å². The van der Waals surface area contributed by atoms with E-state index in [0.717, 1.165) is 34.8 Å². The largest absolute Gasteiger partial charge is 0.453 e. The Labute approximate surface area is 165 Å². The minimum Gasteiger partial charge on any atom is -0.453 e. The van der Waals surface area contributed by atoms with Crippen LogP contribution in [0.2, 0.25) is 0 Å². The first-order chi connectivity index (χ1) is 13.2. The van der Waals surface area contributed by atoms with Crippen molar-refractivity contribution in [3.63, 3.8) is 0 Å². The summed E-state index contributed by atoms with van der Waals surface area (Å²) in [4.78, 5) is 50.5. The highest BCUT2D eigenvalue weighted by Crippen LogP contribution is 2.33. The molecule has 1 atom stereocenters. The van der Waals surface area contributed by atoms with E-state index in [1.165, 1.54) is 35.9 Å². The van der Waals surface area contributed by atoms with Gasteiger partial charge in [0.05, 0.1) is 0 Å². The Morgan fingerprint density at radius 1 is 1.29 bits per heavy atom. The molecule has 2 aromatic rings. The number of aryl methyl sites for hydroxylation is 1. The molecule has 2 aromatic heterocycles. The third kappa shape index (κ3) is 3.54. The van der Waals surface area contributed by atoms with Crippen molar-refractivity contribution in [1.29, 1.82) is 0 Å². The summed E-state index contributed by atoms with van der Waals surface area (Å²) in [6, 6.07) is 1.84. The second-order valence-electron chi connectivity index (χ2n) is 7.04. The van der Waals surface area contributed by atoms with Crippen LogP contribution in [0.5, 0.6) is 0 Å². The second kappa shape index (κ2) is 7.75. The van der Waals surface area contributed by atoms with Gasteiger partial charge in [0.15, 0.2) is 6.61 Å². The summed E-state index contributed by atoms with van der Waals surface area (Å²) in [5.74, 6) is -0.946. The van der Waals surface area contributed by atoms with Gasteiger partial charge in [-0.1, -0.05) is 13.3 Å². The normalized spacial score (nSPS) is 15.9. The van der Waals surface area contributed by atoms with Crippen molar-refractivity contribution in [2.75, 3.05) is 12.3 Å². The number of carbonyl (C=O) groups excluding carboxylic acids is 2. The Morgan fingerprint density at radius 3 is 2.68 bits per heavy atom. The molecule has 150 valence electrons. The van der Waals surface area contributed by atoms with Crippen molar-refractivity contribution in [2.45, 2.75) is 32.6 Å². The van der Waals surface area contributed by atoms with Gasteiger partial charge in [0.1, 0.15) is 16.3 Å². The summed E-state index contributed by atoms with van der Waals surface area (Å²) >= 11 is 1.39. The van der Waals surface area contributed by atoms with E-state index in [0.29, 0.717) is 10.8 Å². The molecular formula is C19H23N3O5S. The van der Waals surface area contributed by atoms with Gasteiger partial charge < -0.3 is 10.5 Å². The monoisotopic (exact) mass is 405 g/mol. The summed E-state index contributed by atoms with van der Waals surface area (Å²) in [5, 5.41) is 0. The number of nitrogens with zero attached hydrogens (tertiary/aromatic N) is 2. The number of hydrogen-bond donors (Lipinski definition) is 1. The summed E-state index contributed by atoms with van der Waals surface area (Å²) in [6.07, 6.45) is 4.14. The molecule has 0 aliphatic heterocycles. The topological polar surface area (TPSA) is 113 Å². The van der Waals surface area contributed by atoms with Gasteiger partial charge in [0.2, 0.25) is 5.78 Å². The number of Topliss-reactive ketones (excluding diaryl/α,β-unsaturated/α-hetero) is 1. The lowest BCUT2D eigenvalue weighted by atomic mass is 9.87. The molecule has 1 aliphatic rings. The fourth-order valence-corrected chi connectivity index (χ4v) is 4.55. The molecule has 9 heteroatoms. The Bertz CT molecular complexity index is 1060. The highest BCUT2D eigenvalue weighted by Gasteiger charge is 2.25. The van der Waals surface area contributed by atoms with Crippen LogP contribution in [-0.4, -0.2) is 27.5 Å². The van der Waals surface area contributed by atoms with E-state index in [9.17, 15) is 19.2 Å². The van der Waals surface area contributed by atoms with Crippen molar-refractivity contribution >= 4 is 28.9 Å². The van der Waals surface area contributed by atoms with Crippen molar-refractivity contribution in [1.82, 2.24) is 9.13 Å². The Hall–Kier alpha value is -2.68. The number of ketones is 1. The molecule has 2 N–H and O–H groups in total. The van der Waals surface area contributed by atoms with Gasteiger partial charge in [-0.25, -0.2) is 9.59 Å². The lowest BCUT2D eigenvalue weighted by Crippen LogP contribution is -2.42. The van der Waals surface area contributed by atoms with Gasteiger partial charge in [0.25, 0.3) is 5.56 Å². The number of anilines is 1. The molecule has 0 spiro atoms. The lowest BCUT2D eigenvalue weighted by molar-refractivity contribution is 0.0479. The highest BCUT2D eigenvalue weighted by molar-refractivity contribution is 7.14. The predicted molar refractivity (Wildman–Crippen MR) is 106 cm³/mol. The molecule has 2 heterocycles. The van der Waals surface area contributed by atoms with Crippen LogP contribution < -0.4 is 17.0 Å². The molecule has 28 heavy (non-hydrogen) atoms. The van der Waals surface area contributed by atoms with Crippen LogP contribution in [0.1, 0.15) is 50.2 Å². The van der Waals surface area contributed by atoms with Gasteiger partial charge in [-0.15, -0.1) is 11.3 Å². The van der Waals surface area contributed by atoms with E-state index in [1.54, 1.807) is 0 Å². The maximum Gasteiger partial charge on any atom is 0.348 e. The van der Waals surface area contributed by atoms with Crippen LogP contribution in [0.3, 0.4) is 0 Å². The molecule has 0 saturated carbocycles. The zero-order valence-corrected chi connectivity index (χ0v) is 16.9. The van der Waals surface area contributed by atoms with Gasteiger partial charge >= 0.3 is 11.7 Å². The van der Waals surface area contributed by atoms with Crippen LogP contribution in [0.4, 0.5) is 5.82 Å². The molecule has 0 amide bonds. The molecule has 0 saturated heterocycles. The number of fused-ring (bicyclic) bond motifs is 1. The molecule has 3 rings (SSSR count). The van der Waals surface area contributed by atoms with Crippen LogP contribution in [0.15, 0.2) is 15.7 Å². The summed E-state index contributed by atoms with van der Waals surface area (Å²) in [6.45, 7) is 1.55. The molecule has 0 aromatic carbocycles. The van der Waals surface area contributed by atoms with Crippen molar-refractivity contribution < 1.29 is 14.3 Å². The fourth-order valence-electron chi connectivity index (χ4n) is 3.44. The highest BCUT2D eigenvalue weighted by atomic mass is 32.1. The fraction of sp³-hybridized carbons (Fsp3) is 0.474. The van der Waals surface area contributed by atoms with Crippen LogP contribution in [0, 0.1) is 5.92 Å². The molecule has 8 nitrogen and oxygen atoms in total. The van der Waals surface area contributed by atoms with Gasteiger partial charge in [-0.2, -0.15) is 0 Å². The zero-order chi connectivity index (χ0) is 20.6. The number of ether oxygens (including phenoxy) is 1. The number of carbonyl (C=O) groups is 2. The average molecular weight is 405 g/mol. The molecule has 0 radical (unpaired) electrons. The van der Waals surface area contributed by atoms with E-state index in [2.05, 4.69) is 6.92 Å². The van der Waals surface area contributed by atoms with Crippen molar-refractivity contribution in [2.24, 2.45) is 20.0 Å². The van der Waals surface area contributed by atoms with E-state index < -0.39 is 29.6 Å². The second-order valence-corrected chi connectivity index (χ2v) is 8.18. The molecule has 0 fully saturated rings. The van der Waals surface area contributed by atoms with E-state index in [4.69, 9.17) is 10.5 Å². The minimum atomic E-state index is -0.807. The predicted octanol–water partition coefficient (Wildman–Crippen LogP) is 1.28. The third-order valence-electron chi connectivity index (χ3n) is 5.29. The number of hydrogen-bond acceptors (Lipinski definition) is 7. The number of esters is 1. The first kappa shape index (κ1) is 20.1. The number of thiophene rings is 1. The standard InChI is InChI=1S/C19H23N3O5S/c1-4-10-5-6-13-11(7-10)8-14(28-13)18(25)27-9-12(23)15-16(20)21(2)19(26)22(3)17(15)24/h8,10H,4-7,9,20H2,1-3H3/t10-/m0/s1. The van der Waals surface area contributed by atoms with Gasteiger partial charge in [-0.3, -0.25) is 18.7 Å². The van der Waals surface area contributed by atoms with Crippen molar-refractivity contribution in [3.8, 4) is 0 Å². The van der Waals surface area contributed by atoms with Gasteiger partial charge in [0, 0.05) is 19.0 Å². The Kier molecular flexibility index (Phi) is 5.55. The maximum absolute atomic E-state index is 12.4. The smallest absolute Gasteiger partial charge is 0.348 e. The zero-order valence-electron chi connectivity index (χ0n) is 16.1. The van der Waals surface area contributed by atoms with Crippen molar-refractivity contribution in [3.05, 3.63) is 47.8 Å². The SMILES string of the molecule is CC[C@H]1CCc2sc(C(=O)OCC(=O)c3c(N)n(C)c(=O)n(C)c3=O)cc2C1. The summed E-state index contributed by atoms with van der Waals surface area (Å²) < 4.78 is 6.93. The Balaban J connectivity index is 1.74. The lowest BCUT2D eigenvalue weighted by Gasteiger charge is -2.19. The average Bonchev–Trinajstić information content (AvgIpc) is 3.12. The van der Waals surface area contributed by atoms with Crippen LogP contribution in [-0.2, 0) is 31.7 Å². The quantitative estimate of drug-likeness (QED) is 0.592. The van der Waals surface area contributed by atoms with E-state index >= 15 is 0 Å². The number of nitrogen functional groups attached to an aromatic ring is 1. The first-order valence-corrected chi connectivity index (χ1v) is 9.93. The Morgan fingerprint density at radius 2 is 2.00 bits per heavy atom. The third-order valence-corrected chi connectivity index (χ3v) is 6.50. The number of aromatic nitrogens is 2. The summed E-state index contributed by atoms with van der Waals surface area (Å²) in [5.41, 5.74) is 5.14. The van der Waals surface area contributed by atoms with Gasteiger partial charge in [-0.05, 0) is 36.8 Å². The first-order valence-electron chi connectivity index (χ1n) is 9.11. The van der Waals surface area contributed by atoms with E-state index in [1.807, 2.05) is 6.07 Å². The molecule has 0 unspecified atom stereocenters. The maximum atomic E-state index is 12.4. The molecule has 1 aliphatic carbocycles. The number of nitrogens with two attached hydrogens (primary N) is 1. The number of rotatable bonds is 5. The van der Waals surface area contributed by atoms with E-state index in [-0.39, 0.29) is 11.4 Å². The minimum absolute atomic E-state index is 0.244.